The van der Waals surface area contributed by atoms with Gasteiger partial charge in [-0.15, -0.1) is 0 Å². The van der Waals surface area contributed by atoms with Crippen molar-refractivity contribution in [3.05, 3.63) is 76.4 Å². The van der Waals surface area contributed by atoms with Crippen LogP contribution in [0.1, 0.15) is 94.2 Å². The average molecular weight is 381 g/mol. The van der Waals surface area contributed by atoms with E-state index in [4.69, 9.17) is 0 Å². The van der Waals surface area contributed by atoms with Gasteiger partial charge in [0.25, 0.3) is 0 Å². The van der Waals surface area contributed by atoms with Gasteiger partial charge < -0.3 is 0 Å². The van der Waals surface area contributed by atoms with Crippen molar-refractivity contribution in [2.24, 2.45) is 5.92 Å². The van der Waals surface area contributed by atoms with Crippen LogP contribution in [0.5, 0.6) is 0 Å². The fourth-order valence-electron chi connectivity index (χ4n) is 3.49. The molecule has 0 saturated heterocycles. The first-order chi connectivity index (χ1) is 13.2. The molecule has 0 radical (unpaired) electrons. The van der Waals surface area contributed by atoms with Gasteiger partial charge >= 0.3 is 0 Å². The Balaban J connectivity index is 0.000000520. The summed E-state index contributed by atoms with van der Waals surface area (Å²) in [5, 5.41) is 0. The van der Waals surface area contributed by atoms with Gasteiger partial charge in [0.2, 0.25) is 0 Å². The minimum Gasteiger partial charge on any atom is -0.0955 e. The lowest BCUT2D eigenvalue weighted by Crippen LogP contribution is -2.09. The number of allylic oxidation sites excluding steroid dienone is 1. The lowest BCUT2D eigenvalue weighted by atomic mass is 9.81. The van der Waals surface area contributed by atoms with Crippen LogP contribution >= 0.6 is 0 Å². The van der Waals surface area contributed by atoms with Crippen LogP contribution in [-0.2, 0) is 6.42 Å². The highest BCUT2D eigenvalue weighted by atomic mass is 14.2. The normalized spacial score (nSPS) is 12.1. The van der Waals surface area contributed by atoms with Gasteiger partial charge in [-0.25, -0.2) is 0 Å². The monoisotopic (exact) mass is 380 g/mol. The molecule has 0 nitrogen and oxygen atoms in total. The Morgan fingerprint density at radius 1 is 0.893 bits per heavy atom. The van der Waals surface area contributed by atoms with E-state index >= 15 is 0 Å². The van der Waals surface area contributed by atoms with E-state index in [9.17, 15) is 0 Å². The summed E-state index contributed by atoms with van der Waals surface area (Å²) in [6.07, 6.45) is 2.37. The molecule has 2 aromatic rings. The van der Waals surface area contributed by atoms with Crippen LogP contribution in [0, 0.1) is 26.7 Å². The zero-order valence-electron chi connectivity index (χ0n) is 20.2. The molecule has 0 bridgehead atoms. The third-order valence-corrected chi connectivity index (χ3v) is 5.83. The number of hydrogen-bond acceptors (Lipinski definition) is 0. The second-order valence-corrected chi connectivity index (χ2v) is 7.70. The van der Waals surface area contributed by atoms with Crippen molar-refractivity contribution in [1.29, 1.82) is 0 Å². The molecule has 0 N–H and O–H groups in total. The molecule has 0 fully saturated rings. The van der Waals surface area contributed by atoms with Gasteiger partial charge in [0.05, 0.1) is 0 Å². The zero-order chi connectivity index (χ0) is 21.9. The summed E-state index contributed by atoms with van der Waals surface area (Å²) in [7, 11) is 0. The molecule has 2 unspecified atom stereocenters. The summed E-state index contributed by atoms with van der Waals surface area (Å²) < 4.78 is 0. The minimum atomic E-state index is 0.609. The Morgan fingerprint density at radius 2 is 1.43 bits per heavy atom. The van der Waals surface area contributed by atoms with E-state index in [1.54, 1.807) is 0 Å². The highest BCUT2D eigenvalue weighted by molar-refractivity contribution is 5.66. The van der Waals surface area contributed by atoms with E-state index in [1.807, 2.05) is 13.8 Å². The molecule has 28 heavy (non-hydrogen) atoms. The van der Waals surface area contributed by atoms with Crippen molar-refractivity contribution in [2.45, 2.75) is 88.0 Å². The summed E-state index contributed by atoms with van der Waals surface area (Å²) in [5.41, 5.74) is 9.73. The highest BCUT2D eigenvalue weighted by Gasteiger charge is 2.18. The van der Waals surface area contributed by atoms with Crippen molar-refractivity contribution < 1.29 is 0 Å². The fraction of sp³-hybridized carbons (Fsp3) is 0.500. The lowest BCUT2D eigenvalue weighted by Gasteiger charge is -2.24. The third kappa shape index (κ3) is 7.30. The molecule has 0 aliphatic rings. The summed E-state index contributed by atoms with van der Waals surface area (Å²) in [6, 6.07) is 13.0. The Morgan fingerprint density at radius 3 is 1.89 bits per heavy atom. The smallest absolute Gasteiger partial charge is 0.0156 e. The van der Waals surface area contributed by atoms with E-state index in [-0.39, 0.29) is 0 Å². The summed E-state index contributed by atoms with van der Waals surface area (Å²) in [4.78, 5) is 0. The van der Waals surface area contributed by atoms with E-state index < -0.39 is 0 Å². The second-order valence-electron chi connectivity index (χ2n) is 7.70. The van der Waals surface area contributed by atoms with Crippen LogP contribution in [0.2, 0.25) is 0 Å². The number of aryl methyl sites for hydroxylation is 3. The van der Waals surface area contributed by atoms with Crippen LogP contribution in [-0.4, -0.2) is 0 Å². The molecule has 0 heterocycles. The van der Waals surface area contributed by atoms with Crippen LogP contribution in [0.3, 0.4) is 0 Å². The maximum atomic E-state index is 4.09. The molecule has 0 heteroatoms. The molecule has 2 rings (SSSR count). The van der Waals surface area contributed by atoms with Gasteiger partial charge in [-0.2, -0.15) is 0 Å². The van der Waals surface area contributed by atoms with Gasteiger partial charge in [0.15, 0.2) is 0 Å². The van der Waals surface area contributed by atoms with Crippen molar-refractivity contribution >= 4 is 5.57 Å². The predicted molar refractivity (Wildman–Crippen MR) is 130 cm³/mol. The van der Waals surface area contributed by atoms with E-state index in [2.05, 4.69) is 98.4 Å². The SMILES string of the molecule is C=C(C)c1cccc(C)c1C(C)C(C)CC.CC.CCc1cccc(C)c1C. The largest absolute Gasteiger partial charge is 0.0955 e. The second kappa shape index (κ2) is 13.4. The Bertz CT molecular complexity index is 721. The minimum absolute atomic E-state index is 0.609. The Labute approximate surface area is 176 Å². The predicted octanol–water partition coefficient (Wildman–Crippen LogP) is 9.07. The van der Waals surface area contributed by atoms with Crippen molar-refractivity contribution in [1.82, 2.24) is 0 Å². The van der Waals surface area contributed by atoms with Crippen molar-refractivity contribution in [3.63, 3.8) is 0 Å². The van der Waals surface area contributed by atoms with Crippen LogP contribution in [0.4, 0.5) is 0 Å². The molecule has 2 atom stereocenters. The first-order valence-corrected chi connectivity index (χ1v) is 11.0. The molecule has 0 aromatic heterocycles. The van der Waals surface area contributed by atoms with E-state index in [0.29, 0.717) is 5.92 Å². The third-order valence-electron chi connectivity index (χ3n) is 5.83. The first-order valence-electron chi connectivity index (χ1n) is 11.0. The van der Waals surface area contributed by atoms with Gasteiger partial charge in [-0.3, -0.25) is 0 Å². The Hall–Kier alpha value is -1.82. The standard InChI is InChI=1S/C16H24.C10H14.C2H6/c1-7-12(4)14(6)16-13(5)9-8-10-15(16)11(2)3;1-4-10-7-5-6-8(2)9(10)3;1-2/h8-10,12,14H,2,7H2,1,3-6H3;5-7H,4H2,1-3H3;1-2H3. The molecule has 0 spiro atoms. The average Bonchev–Trinajstić information content (AvgIpc) is 2.70. The molecule has 2 aromatic carbocycles. The molecular formula is C28H44. The molecule has 156 valence electrons. The molecule has 0 amide bonds. The summed E-state index contributed by atoms with van der Waals surface area (Å²) >= 11 is 0. The quantitative estimate of drug-likeness (QED) is 0.485. The molecule has 0 aliphatic heterocycles. The fourth-order valence-corrected chi connectivity index (χ4v) is 3.49. The molecular weight excluding hydrogens is 336 g/mol. The Kier molecular flexibility index (Phi) is 12.5. The van der Waals surface area contributed by atoms with Crippen molar-refractivity contribution in [3.8, 4) is 0 Å². The maximum Gasteiger partial charge on any atom is -0.0156 e. The summed E-state index contributed by atoms with van der Waals surface area (Å²) in [6.45, 7) is 25.9. The lowest BCUT2D eigenvalue weighted by molar-refractivity contribution is 0.471. The highest BCUT2D eigenvalue weighted by Crippen LogP contribution is 2.33. The van der Waals surface area contributed by atoms with Crippen LogP contribution in [0.25, 0.3) is 5.57 Å². The van der Waals surface area contributed by atoms with Crippen LogP contribution < -0.4 is 0 Å². The van der Waals surface area contributed by atoms with Gasteiger partial charge in [-0.05, 0) is 79.3 Å². The molecule has 0 saturated carbocycles. The maximum absolute atomic E-state index is 4.09. The number of rotatable bonds is 5. The van der Waals surface area contributed by atoms with E-state index in [0.717, 1.165) is 12.3 Å². The van der Waals surface area contributed by atoms with E-state index in [1.165, 1.54) is 45.4 Å². The summed E-state index contributed by atoms with van der Waals surface area (Å²) in [5.74, 6) is 1.33. The van der Waals surface area contributed by atoms with Crippen LogP contribution in [0.15, 0.2) is 43.0 Å². The topological polar surface area (TPSA) is 0 Å². The molecule has 0 aliphatic carbocycles. The van der Waals surface area contributed by atoms with Gasteiger partial charge in [0.1, 0.15) is 0 Å². The van der Waals surface area contributed by atoms with Gasteiger partial charge in [-0.1, -0.05) is 96.5 Å². The zero-order valence-corrected chi connectivity index (χ0v) is 20.2. The number of hydrogen-bond donors (Lipinski definition) is 0. The van der Waals surface area contributed by atoms with Gasteiger partial charge in [0, 0.05) is 0 Å². The first kappa shape index (κ1) is 26.2. The number of benzene rings is 2. The van der Waals surface area contributed by atoms with Crippen molar-refractivity contribution in [2.75, 3.05) is 0 Å².